The van der Waals surface area contributed by atoms with E-state index < -0.39 is 0 Å². The van der Waals surface area contributed by atoms with Gasteiger partial charge >= 0.3 is 0 Å². The molecule has 0 bridgehead atoms. The Hall–Kier alpha value is -3.78. The molecule has 5 nitrogen and oxygen atoms in total. The van der Waals surface area contributed by atoms with Crippen molar-refractivity contribution in [3.05, 3.63) is 90.3 Å². The van der Waals surface area contributed by atoms with E-state index in [1.54, 1.807) is 24.7 Å². The minimum Gasteiger partial charge on any atom is -0.302 e. The standard InChI is InChI=1S/C22H16N4O/c23-12-16-6-7-18(25-13-16)10-20(27)11-22-21(17-4-2-1-3-5-17)9-8-19-14-24-15-26(19)22/h1-9,13-15H,10-11H2. The molecule has 0 amide bonds. The molecular formula is C22H16N4O. The number of pyridine rings is 2. The average molecular weight is 352 g/mol. The largest absolute Gasteiger partial charge is 0.302 e. The molecule has 0 fully saturated rings. The molecule has 4 rings (SSSR count). The second-order valence-electron chi connectivity index (χ2n) is 6.29. The van der Waals surface area contributed by atoms with Crippen LogP contribution in [-0.2, 0) is 17.6 Å². The third kappa shape index (κ3) is 3.46. The fourth-order valence-corrected chi connectivity index (χ4v) is 3.16. The molecule has 0 spiro atoms. The van der Waals surface area contributed by atoms with E-state index >= 15 is 0 Å². The highest BCUT2D eigenvalue weighted by Gasteiger charge is 2.14. The Morgan fingerprint density at radius 2 is 1.85 bits per heavy atom. The summed E-state index contributed by atoms with van der Waals surface area (Å²) in [5, 5.41) is 8.86. The van der Waals surface area contributed by atoms with Gasteiger partial charge in [0.05, 0.1) is 23.6 Å². The van der Waals surface area contributed by atoms with Gasteiger partial charge in [-0.1, -0.05) is 36.4 Å². The molecule has 3 heterocycles. The van der Waals surface area contributed by atoms with E-state index in [9.17, 15) is 4.79 Å². The molecule has 0 radical (unpaired) electrons. The number of carbonyl (C=O) groups is 1. The summed E-state index contributed by atoms with van der Waals surface area (Å²) in [7, 11) is 0. The Labute approximate surface area is 156 Å². The van der Waals surface area contributed by atoms with E-state index in [0.29, 0.717) is 11.3 Å². The second kappa shape index (κ2) is 7.22. The third-order valence-corrected chi connectivity index (χ3v) is 4.47. The summed E-state index contributed by atoms with van der Waals surface area (Å²) >= 11 is 0. The van der Waals surface area contributed by atoms with Crippen LogP contribution < -0.4 is 0 Å². The second-order valence-corrected chi connectivity index (χ2v) is 6.29. The first-order chi connectivity index (χ1) is 13.2. The summed E-state index contributed by atoms with van der Waals surface area (Å²) in [6, 6.07) is 19.5. The lowest BCUT2D eigenvalue weighted by Crippen LogP contribution is -2.11. The number of ketones is 1. The van der Waals surface area contributed by atoms with Crippen molar-refractivity contribution in [1.82, 2.24) is 14.4 Å². The smallest absolute Gasteiger partial charge is 0.144 e. The van der Waals surface area contributed by atoms with Crippen LogP contribution in [0.25, 0.3) is 16.6 Å². The van der Waals surface area contributed by atoms with Gasteiger partial charge in [0.1, 0.15) is 11.9 Å². The Bertz CT molecular complexity index is 1140. The first-order valence-electron chi connectivity index (χ1n) is 8.60. The van der Waals surface area contributed by atoms with Gasteiger partial charge in [-0.15, -0.1) is 0 Å². The maximum atomic E-state index is 12.7. The van der Waals surface area contributed by atoms with E-state index in [2.05, 4.69) is 9.97 Å². The summed E-state index contributed by atoms with van der Waals surface area (Å²) in [4.78, 5) is 21.2. The molecule has 130 valence electrons. The van der Waals surface area contributed by atoms with Crippen LogP contribution >= 0.6 is 0 Å². The normalized spacial score (nSPS) is 10.6. The van der Waals surface area contributed by atoms with Gasteiger partial charge in [-0.05, 0) is 23.8 Å². The number of imidazole rings is 1. The summed E-state index contributed by atoms with van der Waals surface area (Å²) < 4.78 is 1.96. The fourth-order valence-electron chi connectivity index (χ4n) is 3.16. The quantitative estimate of drug-likeness (QED) is 0.550. The number of fused-ring (bicyclic) bond motifs is 1. The number of aromatic nitrogens is 3. The van der Waals surface area contributed by atoms with Crippen LogP contribution in [0.3, 0.4) is 0 Å². The Balaban J connectivity index is 1.66. The highest BCUT2D eigenvalue weighted by atomic mass is 16.1. The van der Waals surface area contributed by atoms with Gasteiger partial charge in [0.15, 0.2) is 0 Å². The molecular weight excluding hydrogens is 336 g/mol. The van der Waals surface area contributed by atoms with Gasteiger partial charge in [0.2, 0.25) is 0 Å². The number of Topliss-reactive ketones (excluding diaryl/α,β-unsaturated/α-hetero) is 1. The lowest BCUT2D eigenvalue weighted by Gasteiger charge is -2.12. The predicted molar refractivity (Wildman–Crippen MR) is 102 cm³/mol. The van der Waals surface area contributed by atoms with Gasteiger partial charge in [0, 0.05) is 36.0 Å². The molecule has 0 atom stereocenters. The van der Waals surface area contributed by atoms with Gasteiger partial charge < -0.3 is 4.40 Å². The van der Waals surface area contributed by atoms with Crippen LogP contribution in [0.1, 0.15) is 17.0 Å². The van der Waals surface area contributed by atoms with Gasteiger partial charge in [-0.3, -0.25) is 9.78 Å². The number of nitriles is 1. The zero-order chi connectivity index (χ0) is 18.6. The van der Waals surface area contributed by atoms with Gasteiger partial charge in [0.25, 0.3) is 0 Å². The lowest BCUT2D eigenvalue weighted by atomic mass is 9.99. The molecule has 3 aromatic heterocycles. The molecule has 1 aromatic carbocycles. The number of hydrogen-bond donors (Lipinski definition) is 0. The highest BCUT2D eigenvalue weighted by Crippen LogP contribution is 2.26. The first kappa shape index (κ1) is 16.7. The summed E-state index contributed by atoms with van der Waals surface area (Å²) in [5.74, 6) is 0.0607. The zero-order valence-corrected chi connectivity index (χ0v) is 14.5. The van der Waals surface area contributed by atoms with Crippen LogP contribution in [0.5, 0.6) is 0 Å². The first-order valence-corrected chi connectivity index (χ1v) is 8.60. The molecule has 0 N–H and O–H groups in total. The molecule has 27 heavy (non-hydrogen) atoms. The number of benzene rings is 1. The minimum atomic E-state index is 0.0607. The molecule has 0 unspecified atom stereocenters. The van der Waals surface area contributed by atoms with Crippen LogP contribution in [0.15, 0.2) is 73.3 Å². The summed E-state index contributed by atoms with van der Waals surface area (Å²) in [6.07, 6.45) is 5.52. The van der Waals surface area contributed by atoms with E-state index in [4.69, 9.17) is 5.26 Å². The van der Waals surface area contributed by atoms with E-state index in [-0.39, 0.29) is 18.6 Å². The van der Waals surface area contributed by atoms with Crippen molar-refractivity contribution >= 4 is 11.3 Å². The third-order valence-electron chi connectivity index (χ3n) is 4.47. The number of rotatable bonds is 5. The van der Waals surface area contributed by atoms with E-state index in [1.165, 1.54) is 6.20 Å². The molecule has 5 heteroatoms. The number of carbonyl (C=O) groups excluding carboxylic acids is 1. The molecule has 0 aliphatic heterocycles. The Morgan fingerprint density at radius 3 is 2.59 bits per heavy atom. The van der Waals surface area contributed by atoms with Crippen molar-refractivity contribution in [2.45, 2.75) is 12.8 Å². The highest BCUT2D eigenvalue weighted by molar-refractivity contribution is 5.85. The maximum Gasteiger partial charge on any atom is 0.144 e. The molecule has 0 aliphatic rings. The van der Waals surface area contributed by atoms with Crippen molar-refractivity contribution in [2.24, 2.45) is 0 Å². The Kier molecular flexibility index (Phi) is 4.46. The van der Waals surface area contributed by atoms with E-state index in [0.717, 1.165) is 22.3 Å². The van der Waals surface area contributed by atoms with Crippen molar-refractivity contribution in [1.29, 1.82) is 5.26 Å². The van der Waals surface area contributed by atoms with Gasteiger partial charge in [-0.25, -0.2) is 4.98 Å². The fraction of sp³-hybridized carbons (Fsp3) is 0.0909. The number of hydrogen-bond acceptors (Lipinski definition) is 4. The van der Waals surface area contributed by atoms with E-state index in [1.807, 2.05) is 52.9 Å². The van der Waals surface area contributed by atoms with Crippen LogP contribution in [0, 0.1) is 11.3 Å². The molecule has 0 aliphatic carbocycles. The summed E-state index contributed by atoms with van der Waals surface area (Å²) in [5.41, 5.74) is 5.09. The zero-order valence-electron chi connectivity index (χ0n) is 14.5. The van der Waals surface area contributed by atoms with Crippen LogP contribution in [0.2, 0.25) is 0 Å². The maximum absolute atomic E-state index is 12.7. The predicted octanol–water partition coefficient (Wildman–Crippen LogP) is 3.62. The Morgan fingerprint density at radius 1 is 1.00 bits per heavy atom. The summed E-state index contributed by atoms with van der Waals surface area (Å²) in [6.45, 7) is 0. The van der Waals surface area contributed by atoms with Crippen LogP contribution in [-0.4, -0.2) is 20.2 Å². The SMILES string of the molecule is N#Cc1ccc(CC(=O)Cc2c(-c3ccccc3)ccc3cncn23)nc1. The lowest BCUT2D eigenvalue weighted by molar-refractivity contribution is -0.117. The van der Waals surface area contributed by atoms with Crippen molar-refractivity contribution < 1.29 is 4.79 Å². The average Bonchev–Trinajstić information content (AvgIpc) is 3.19. The number of nitrogens with zero attached hydrogens (tertiary/aromatic N) is 4. The van der Waals surface area contributed by atoms with Crippen molar-refractivity contribution in [2.75, 3.05) is 0 Å². The van der Waals surface area contributed by atoms with Crippen molar-refractivity contribution in [3.8, 4) is 17.2 Å². The molecule has 0 saturated carbocycles. The molecule has 4 aromatic rings. The molecule has 0 saturated heterocycles. The monoisotopic (exact) mass is 352 g/mol. The minimum absolute atomic E-state index is 0.0607. The van der Waals surface area contributed by atoms with Crippen molar-refractivity contribution in [3.63, 3.8) is 0 Å². The van der Waals surface area contributed by atoms with Gasteiger partial charge in [-0.2, -0.15) is 5.26 Å². The topological polar surface area (TPSA) is 71.0 Å². The van der Waals surface area contributed by atoms with Crippen LogP contribution in [0.4, 0.5) is 0 Å².